The van der Waals surface area contributed by atoms with Crippen LogP contribution in [0.5, 0.6) is 0 Å². The maximum atomic E-state index is 13.3. The van der Waals surface area contributed by atoms with Gasteiger partial charge in [0.25, 0.3) is 15.9 Å². The van der Waals surface area contributed by atoms with Crippen LogP contribution < -0.4 is 10.0 Å². The Hall–Kier alpha value is -3.15. The van der Waals surface area contributed by atoms with Crippen LogP contribution in [0.15, 0.2) is 47.4 Å². The van der Waals surface area contributed by atoms with Crippen LogP contribution in [-0.2, 0) is 21.0 Å². The summed E-state index contributed by atoms with van der Waals surface area (Å²) in [4.78, 5) is 21.7. The summed E-state index contributed by atoms with van der Waals surface area (Å²) in [5.41, 5.74) is -2.16. The number of alkyl halides is 3. The third kappa shape index (κ3) is 5.19. The quantitative estimate of drug-likeness (QED) is 0.622. The van der Waals surface area contributed by atoms with E-state index in [4.69, 9.17) is 5.11 Å². The van der Waals surface area contributed by atoms with Crippen LogP contribution in [0.3, 0.4) is 0 Å². The van der Waals surface area contributed by atoms with Crippen molar-refractivity contribution >= 4 is 27.6 Å². The highest BCUT2D eigenvalue weighted by atomic mass is 32.2. The number of aliphatic carboxylic acids is 1. The van der Waals surface area contributed by atoms with Crippen molar-refractivity contribution in [3.05, 3.63) is 59.4 Å². The number of anilines is 1. The summed E-state index contributed by atoms with van der Waals surface area (Å²) in [6, 6.07) is 5.83. The lowest BCUT2D eigenvalue weighted by Gasteiger charge is -2.12. The summed E-state index contributed by atoms with van der Waals surface area (Å²) in [5.74, 6) is -3.57. The molecule has 0 aliphatic rings. The molecular formula is C16H12F4N2O5S. The van der Waals surface area contributed by atoms with Crippen molar-refractivity contribution in [1.82, 2.24) is 5.32 Å². The van der Waals surface area contributed by atoms with Gasteiger partial charge in [-0.15, -0.1) is 0 Å². The SMILES string of the molecule is O=C(O)CNC(=O)c1ccc(S(=O)(=O)Nc2ccc(F)c(C(F)(F)F)c2)cc1. The first-order valence-corrected chi connectivity index (χ1v) is 8.88. The zero-order valence-corrected chi connectivity index (χ0v) is 14.6. The molecule has 0 atom stereocenters. The fraction of sp³-hybridized carbons (Fsp3) is 0.125. The molecule has 3 N–H and O–H groups in total. The number of carbonyl (C=O) groups excluding carboxylic acids is 1. The highest BCUT2D eigenvalue weighted by molar-refractivity contribution is 7.92. The Balaban J connectivity index is 2.21. The number of carboxylic acids is 1. The molecule has 0 aliphatic carbocycles. The van der Waals surface area contributed by atoms with Crippen LogP contribution in [0.4, 0.5) is 23.2 Å². The molecule has 0 aliphatic heterocycles. The molecule has 0 saturated heterocycles. The molecular weight excluding hydrogens is 408 g/mol. The van der Waals surface area contributed by atoms with Gasteiger partial charge in [-0.05, 0) is 42.5 Å². The summed E-state index contributed by atoms with van der Waals surface area (Å²) < 4.78 is 77.9. The van der Waals surface area contributed by atoms with Crippen molar-refractivity contribution in [1.29, 1.82) is 0 Å². The number of carboxylic acid groups (broad SMARTS) is 1. The molecule has 7 nitrogen and oxygen atoms in total. The molecule has 2 aromatic rings. The summed E-state index contributed by atoms with van der Waals surface area (Å²) in [5, 5.41) is 10.6. The topological polar surface area (TPSA) is 113 Å². The predicted molar refractivity (Wildman–Crippen MR) is 88.6 cm³/mol. The van der Waals surface area contributed by atoms with Gasteiger partial charge in [0.1, 0.15) is 12.4 Å². The van der Waals surface area contributed by atoms with Gasteiger partial charge in [0.05, 0.1) is 10.5 Å². The van der Waals surface area contributed by atoms with Crippen LogP contribution in [0.1, 0.15) is 15.9 Å². The van der Waals surface area contributed by atoms with E-state index in [0.29, 0.717) is 12.1 Å². The summed E-state index contributed by atoms with van der Waals surface area (Å²) in [6.07, 6.45) is -5.00. The zero-order valence-electron chi connectivity index (χ0n) is 13.7. The molecule has 2 rings (SSSR count). The van der Waals surface area contributed by atoms with Crippen molar-refractivity contribution in [2.75, 3.05) is 11.3 Å². The standard InChI is InChI=1S/C16H12F4N2O5S/c17-13-6-3-10(7-12(13)16(18,19)20)22-28(26,27)11-4-1-9(2-5-11)15(25)21-8-14(23)24/h1-7,22H,8H2,(H,21,25)(H,23,24). The smallest absolute Gasteiger partial charge is 0.419 e. The number of sulfonamides is 1. The Kier molecular flexibility index (Phi) is 5.92. The molecule has 0 bridgehead atoms. The van der Waals surface area contributed by atoms with E-state index in [-0.39, 0.29) is 10.5 Å². The van der Waals surface area contributed by atoms with E-state index in [1.807, 2.05) is 4.72 Å². The minimum Gasteiger partial charge on any atom is -0.480 e. The third-order valence-electron chi connectivity index (χ3n) is 3.35. The lowest BCUT2D eigenvalue weighted by Crippen LogP contribution is -2.29. The van der Waals surface area contributed by atoms with Crippen LogP contribution in [0.25, 0.3) is 0 Å². The van der Waals surface area contributed by atoms with E-state index < -0.39 is 51.7 Å². The van der Waals surface area contributed by atoms with E-state index in [2.05, 4.69) is 5.32 Å². The van der Waals surface area contributed by atoms with E-state index in [9.17, 15) is 35.6 Å². The largest absolute Gasteiger partial charge is 0.480 e. The number of rotatable bonds is 6. The Morgan fingerprint density at radius 3 is 2.18 bits per heavy atom. The second kappa shape index (κ2) is 7.84. The van der Waals surface area contributed by atoms with Crippen LogP contribution in [0, 0.1) is 5.82 Å². The van der Waals surface area contributed by atoms with Crippen molar-refractivity contribution in [2.24, 2.45) is 0 Å². The molecule has 0 unspecified atom stereocenters. The Morgan fingerprint density at radius 2 is 1.64 bits per heavy atom. The van der Waals surface area contributed by atoms with Gasteiger partial charge in [0, 0.05) is 11.3 Å². The van der Waals surface area contributed by atoms with Gasteiger partial charge < -0.3 is 10.4 Å². The second-order valence-electron chi connectivity index (χ2n) is 5.40. The summed E-state index contributed by atoms with van der Waals surface area (Å²) in [6.45, 7) is -0.632. The molecule has 150 valence electrons. The molecule has 0 aromatic heterocycles. The Labute approximate surface area is 156 Å². The first kappa shape index (κ1) is 21.2. The Morgan fingerprint density at radius 1 is 1.04 bits per heavy atom. The second-order valence-corrected chi connectivity index (χ2v) is 7.08. The molecule has 12 heteroatoms. The predicted octanol–water partition coefficient (Wildman–Crippen LogP) is 2.46. The molecule has 0 radical (unpaired) electrons. The van der Waals surface area contributed by atoms with Crippen molar-refractivity contribution in [2.45, 2.75) is 11.1 Å². The Bertz CT molecular complexity index is 1000. The van der Waals surface area contributed by atoms with Gasteiger partial charge in [-0.2, -0.15) is 13.2 Å². The van der Waals surface area contributed by atoms with Crippen molar-refractivity contribution in [3.63, 3.8) is 0 Å². The average Bonchev–Trinajstić information content (AvgIpc) is 2.60. The fourth-order valence-corrected chi connectivity index (χ4v) is 3.11. The number of carbonyl (C=O) groups is 2. The van der Waals surface area contributed by atoms with E-state index in [1.54, 1.807) is 0 Å². The fourth-order valence-electron chi connectivity index (χ4n) is 2.06. The maximum Gasteiger partial charge on any atom is 0.419 e. The number of halogens is 4. The van der Waals surface area contributed by atoms with Crippen LogP contribution in [-0.4, -0.2) is 31.9 Å². The van der Waals surface area contributed by atoms with Gasteiger partial charge in [-0.3, -0.25) is 14.3 Å². The van der Waals surface area contributed by atoms with E-state index in [0.717, 1.165) is 30.3 Å². The number of benzene rings is 2. The van der Waals surface area contributed by atoms with E-state index >= 15 is 0 Å². The van der Waals surface area contributed by atoms with Gasteiger partial charge in [-0.1, -0.05) is 0 Å². The number of hydrogen-bond acceptors (Lipinski definition) is 4. The number of nitrogens with one attached hydrogen (secondary N) is 2. The molecule has 0 spiro atoms. The van der Waals surface area contributed by atoms with Crippen molar-refractivity contribution < 1.29 is 40.7 Å². The van der Waals surface area contributed by atoms with Gasteiger partial charge in [0.2, 0.25) is 0 Å². The molecule has 2 aromatic carbocycles. The zero-order chi connectivity index (χ0) is 21.1. The average molecular weight is 420 g/mol. The van der Waals surface area contributed by atoms with Gasteiger partial charge in [-0.25, -0.2) is 12.8 Å². The monoisotopic (exact) mass is 420 g/mol. The maximum absolute atomic E-state index is 13.3. The highest BCUT2D eigenvalue weighted by Gasteiger charge is 2.34. The normalized spacial score (nSPS) is 11.7. The molecule has 0 heterocycles. The van der Waals surface area contributed by atoms with Gasteiger partial charge in [0.15, 0.2) is 0 Å². The molecule has 0 saturated carbocycles. The molecule has 28 heavy (non-hydrogen) atoms. The molecule has 1 amide bonds. The third-order valence-corrected chi connectivity index (χ3v) is 4.75. The first-order valence-electron chi connectivity index (χ1n) is 7.40. The minimum atomic E-state index is -5.00. The van der Waals surface area contributed by atoms with E-state index in [1.165, 1.54) is 0 Å². The number of hydrogen-bond donors (Lipinski definition) is 3. The summed E-state index contributed by atoms with van der Waals surface area (Å²) in [7, 11) is -4.32. The van der Waals surface area contributed by atoms with Gasteiger partial charge >= 0.3 is 12.1 Å². The highest BCUT2D eigenvalue weighted by Crippen LogP contribution is 2.33. The lowest BCUT2D eigenvalue weighted by molar-refractivity contribution is -0.140. The summed E-state index contributed by atoms with van der Waals surface area (Å²) >= 11 is 0. The first-order chi connectivity index (χ1) is 12.9. The lowest BCUT2D eigenvalue weighted by atomic mass is 10.2. The van der Waals surface area contributed by atoms with Crippen molar-refractivity contribution in [3.8, 4) is 0 Å². The molecule has 0 fully saturated rings. The van der Waals surface area contributed by atoms with Crippen LogP contribution >= 0.6 is 0 Å². The number of amides is 1. The van der Waals surface area contributed by atoms with Crippen LogP contribution in [0.2, 0.25) is 0 Å². The minimum absolute atomic E-state index is 0.0265.